The molecule has 0 heterocycles. The summed E-state index contributed by atoms with van der Waals surface area (Å²) in [5, 5.41) is 44.9. The Bertz CT molecular complexity index is 148. The quantitative estimate of drug-likeness (QED) is 0.342. The van der Waals surface area contributed by atoms with Crippen LogP contribution in [0.3, 0.4) is 0 Å². The van der Waals surface area contributed by atoms with Crippen molar-refractivity contribution in [2.75, 3.05) is 26.4 Å². The second-order valence-electron chi connectivity index (χ2n) is 3.68. The first kappa shape index (κ1) is 13.8. The zero-order valence-electron chi connectivity index (χ0n) is 8.35. The van der Waals surface area contributed by atoms with Crippen molar-refractivity contribution in [3.63, 3.8) is 0 Å². The van der Waals surface area contributed by atoms with Crippen molar-refractivity contribution in [1.29, 1.82) is 0 Å². The van der Waals surface area contributed by atoms with Gasteiger partial charge in [0.1, 0.15) is 0 Å². The number of aliphatic hydroxyl groups excluding tert-OH is 5. The maximum atomic E-state index is 9.23. The van der Waals surface area contributed by atoms with E-state index in [1.165, 1.54) is 0 Å². The highest BCUT2D eigenvalue weighted by Gasteiger charge is 2.35. The summed E-state index contributed by atoms with van der Waals surface area (Å²) < 4.78 is 0. The maximum absolute atomic E-state index is 9.23. The number of hydrogen-bond donors (Lipinski definition) is 5. The molecule has 0 aliphatic carbocycles. The molecule has 0 rings (SSSR count). The molecule has 14 heavy (non-hydrogen) atoms. The highest BCUT2D eigenvalue weighted by molar-refractivity contribution is 5.05. The molecule has 2 atom stereocenters. The van der Waals surface area contributed by atoms with Crippen molar-refractivity contribution in [1.82, 2.24) is 0 Å². The van der Waals surface area contributed by atoms with E-state index in [2.05, 4.69) is 0 Å². The lowest BCUT2D eigenvalue weighted by Gasteiger charge is -2.34. The summed E-state index contributed by atoms with van der Waals surface area (Å²) in [6.45, 7) is 0.241. The summed E-state index contributed by atoms with van der Waals surface area (Å²) in [7, 11) is 0. The van der Waals surface area contributed by atoms with Gasteiger partial charge in [0, 0.05) is 17.9 Å². The monoisotopic (exact) mass is 207 g/mol. The van der Waals surface area contributed by atoms with Crippen LogP contribution < -0.4 is 0 Å². The zero-order chi connectivity index (χ0) is 11.2. The molecule has 0 aliphatic rings. The second-order valence-corrected chi connectivity index (χ2v) is 3.68. The molecule has 0 fully saturated rings. The van der Waals surface area contributed by atoms with E-state index < -0.39 is 18.1 Å². The van der Waals surface area contributed by atoms with E-state index in [0.29, 0.717) is 5.92 Å². The Morgan fingerprint density at radius 2 is 1.64 bits per heavy atom. The predicted octanol–water partition coefficient (Wildman–Crippen LogP) is -1.71. The summed E-state index contributed by atoms with van der Waals surface area (Å²) in [4.78, 5) is 0. The van der Waals surface area contributed by atoms with Crippen LogP contribution in [0.4, 0.5) is 0 Å². The van der Waals surface area contributed by atoms with E-state index >= 15 is 0 Å². The van der Waals surface area contributed by atoms with Crippen LogP contribution in [0.5, 0.6) is 0 Å². The van der Waals surface area contributed by atoms with Gasteiger partial charge in [-0.25, -0.2) is 0 Å². The van der Waals surface area contributed by atoms with E-state index in [1.807, 2.05) is 0 Å². The van der Waals surface area contributed by atoms with Gasteiger partial charge >= 0.3 is 0 Å². The van der Waals surface area contributed by atoms with Crippen LogP contribution in [-0.2, 0) is 0 Å². The summed E-state index contributed by atoms with van der Waals surface area (Å²) in [5.74, 6) is 0.354. The van der Waals surface area contributed by atoms with Gasteiger partial charge in [0.25, 0.3) is 0 Å². The molecule has 2 unspecified atom stereocenters. The standard InChI is InChI=1S/C9H19O5/c1-9(6-13,2-8(14)5-12)7(3-10)4-11/h8,10-14H,2-6H2,1H3. The van der Waals surface area contributed by atoms with Gasteiger partial charge in [0.15, 0.2) is 0 Å². The first-order valence-electron chi connectivity index (χ1n) is 4.50. The van der Waals surface area contributed by atoms with Gasteiger partial charge in [0.05, 0.1) is 25.9 Å². The number of rotatable bonds is 7. The van der Waals surface area contributed by atoms with E-state index in [-0.39, 0.29) is 26.2 Å². The molecule has 0 saturated carbocycles. The summed E-state index contributed by atoms with van der Waals surface area (Å²) >= 11 is 0. The van der Waals surface area contributed by atoms with Gasteiger partial charge in [-0.05, 0) is 6.42 Å². The Labute approximate surface area is 83.6 Å². The van der Waals surface area contributed by atoms with Crippen LogP contribution in [0.25, 0.3) is 0 Å². The van der Waals surface area contributed by atoms with Crippen LogP contribution in [0, 0.1) is 11.3 Å². The van der Waals surface area contributed by atoms with Gasteiger partial charge in [-0.15, -0.1) is 0 Å². The number of aliphatic hydroxyl groups is 5. The third-order valence-corrected chi connectivity index (χ3v) is 2.48. The minimum Gasteiger partial charge on any atom is -0.396 e. The van der Waals surface area contributed by atoms with Gasteiger partial charge in [-0.2, -0.15) is 0 Å². The van der Waals surface area contributed by atoms with Gasteiger partial charge in [-0.3, -0.25) is 0 Å². The fraction of sp³-hybridized carbons (Fsp3) is 0.889. The van der Waals surface area contributed by atoms with Crippen LogP contribution in [-0.4, -0.2) is 58.1 Å². The lowest BCUT2D eigenvalue weighted by molar-refractivity contribution is 0.0197. The minimum absolute atomic E-state index is 0.108. The number of hydrogen-bond acceptors (Lipinski definition) is 5. The van der Waals surface area contributed by atoms with Crippen LogP contribution in [0.2, 0.25) is 0 Å². The normalized spacial score (nSPS) is 18.2. The fourth-order valence-electron chi connectivity index (χ4n) is 1.34. The van der Waals surface area contributed by atoms with Crippen molar-refractivity contribution >= 4 is 0 Å². The first-order chi connectivity index (χ1) is 6.53. The van der Waals surface area contributed by atoms with Gasteiger partial charge < -0.3 is 25.5 Å². The molecule has 5 N–H and O–H groups in total. The average molecular weight is 207 g/mol. The largest absolute Gasteiger partial charge is 0.396 e. The molecule has 0 aliphatic heterocycles. The molecule has 5 heteroatoms. The van der Waals surface area contributed by atoms with E-state index in [9.17, 15) is 5.11 Å². The predicted molar refractivity (Wildman–Crippen MR) is 50.3 cm³/mol. The Kier molecular flexibility index (Phi) is 6.22. The summed E-state index contributed by atoms with van der Waals surface area (Å²) in [6.07, 6.45) is -0.851. The van der Waals surface area contributed by atoms with Gasteiger partial charge in [-0.1, -0.05) is 6.92 Å². The SMILES string of the molecule is CC(CO)(CC(O)CO)[C](CO)CO. The van der Waals surface area contributed by atoms with Crippen molar-refractivity contribution in [2.24, 2.45) is 5.41 Å². The molecule has 0 aromatic heterocycles. The zero-order valence-corrected chi connectivity index (χ0v) is 8.35. The summed E-state index contributed by atoms with van der Waals surface area (Å²) in [6, 6.07) is 0. The minimum atomic E-state index is -0.958. The first-order valence-corrected chi connectivity index (χ1v) is 4.50. The van der Waals surface area contributed by atoms with Crippen molar-refractivity contribution in [3.8, 4) is 0 Å². The molecule has 1 radical (unpaired) electrons. The molecule has 85 valence electrons. The van der Waals surface area contributed by atoms with Gasteiger partial charge in [0.2, 0.25) is 0 Å². The molecular weight excluding hydrogens is 188 g/mol. The van der Waals surface area contributed by atoms with Crippen molar-refractivity contribution in [2.45, 2.75) is 19.4 Å². The third kappa shape index (κ3) is 3.51. The Balaban J connectivity index is 4.43. The maximum Gasteiger partial charge on any atom is 0.0777 e. The van der Waals surface area contributed by atoms with Crippen molar-refractivity contribution in [3.05, 3.63) is 5.92 Å². The molecule has 0 spiro atoms. The fourth-order valence-corrected chi connectivity index (χ4v) is 1.34. The highest BCUT2D eigenvalue weighted by Crippen LogP contribution is 2.33. The highest BCUT2D eigenvalue weighted by atomic mass is 16.3. The van der Waals surface area contributed by atoms with Crippen molar-refractivity contribution < 1.29 is 25.5 Å². The van der Waals surface area contributed by atoms with Crippen LogP contribution in [0.1, 0.15) is 13.3 Å². The summed E-state index contributed by atoms with van der Waals surface area (Å²) in [5.41, 5.74) is -0.856. The average Bonchev–Trinajstić information content (AvgIpc) is 2.19. The van der Waals surface area contributed by atoms with E-state index in [1.54, 1.807) is 6.92 Å². The lowest BCUT2D eigenvalue weighted by atomic mass is 9.74. The molecule has 5 nitrogen and oxygen atoms in total. The smallest absolute Gasteiger partial charge is 0.0777 e. The Hall–Kier alpha value is -0.200. The third-order valence-electron chi connectivity index (χ3n) is 2.48. The molecule has 0 saturated heterocycles. The molecule has 0 aromatic rings. The topological polar surface area (TPSA) is 101 Å². The molecule has 0 bridgehead atoms. The lowest BCUT2D eigenvalue weighted by Crippen LogP contribution is -2.38. The second kappa shape index (κ2) is 6.31. The molecule has 0 amide bonds. The van der Waals surface area contributed by atoms with Crippen LogP contribution >= 0.6 is 0 Å². The van der Waals surface area contributed by atoms with Crippen LogP contribution in [0.15, 0.2) is 0 Å². The Morgan fingerprint density at radius 3 is 1.93 bits per heavy atom. The molecule has 0 aromatic carbocycles. The molecular formula is C9H19O5. The Morgan fingerprint density at radius 1 is 1.14 bits per heavy atom. The van der Waals surface area contributed by atoms with E-state index in [0.717, 1.165) is 0 Å². The van der Waals surface area contributed by atoms with E-state index in [4.69, 9.17) is 20.4 Å².